The van der Waals surface area contributed by atoms with Crippen LogP contribution >= 0.6 is 11.6 Å². The molecule has 2 fully saturated rings. The molecular weight excluding hydrogens is 288 g/mol. The van der Waals surface area contributed by atoms with E-state index in [9.17, 15) is 9.90 Å². The van der Waals surface area contributed by atoms with Crippen molar-refractivity contribution in [2.24, 2.45) is 0 Å². The lowest BCUT2D eigenvalue weighted by Crippen LogP contribution is -2.42. The van der Waals surface area contributed by atoms with Gasteiger partial charge in [-0.1, -0.05) is 23.7 Å². The van der Waals surface area contributed by atoms with Crippen LogP contribution in [-0.4, -0.2) is 41.7 Å². The van der Waals surface area contributed by atoms with Crippen LogP contribution in [0.4, 0.5) is 0 Å². The van der Waals surface area contributed by atoms with E-state index in [0.29, 0.717) is 19.5 Å². The van der Waals surface area contributed by atoms with Crippen molar-refractivity contribution in [1.29, 1.82) is 0 Å². The highest BCUT2D eigenvalue weighted by molar-refractivity contribution is 6.30. The van der Waals surface area contributed by atoms with E-state index in [-0.39, 0.29) is 11.4 Å². The summed E-state index contributed by atoms with van der Waals surface area (Å²) in [6, 6.07) is 7.88. The highest BCUT2D eigenvalue weighted by Gasteiger charge is 2.44. The number of likely N-dealkylation sites (tertiary alicyclic amines) is 1. The Morgan fingerprint density at radius 3 is 2.62 bits per heavy atom. The predicted octanol–water partition coefficient (Wildman–Crippen LogP) is 1.90. The van der Waals surface area contributed by atoms with Crippen LogP contribution in [0.2, 0.25) is 5.02 Å². The standard InChI is InChI=1S/C16H21ClN2O2/c17-13-5-3-12(4-6-13)16(7-8-16)18-10-14(20)11-19-9-1-2-15(19)21/h3-6,14,18,20H,1-2,7-11H2. The Hall–Kier alpha value is -1.10. The quantitative estimate of drug-likeness (QED) is 0.844. The number of hydrogen-bond donors (Lipinski definition) is 2. The van der Waals surface area contributed by atoms with Gasteiger partial charge in [-0.3, -0.25) is 4.79 Å². The number of hydrogen-bond acceptors (Lipinski definition) is 3. The number of aliphatic hydroxyl groups excluding tert-OH is 1. The van der Waals surface area contributed by atoms with Gasteiger partial charge in [0.2, 0.25) is 5.91 Å². The van der Waals surface area contributed by atoms with Gasteiger partial charge in [-0.2, -0.15) is 0 Å². The van der Waals surface area contributed by atoms with Gasteiger partial charge in [-0.05, 0) is 37.0 Å². The third kappa shape index (κ3) is 3.39. The third-order valence-electron chi connectivity index (χ3n) is 4.43. The molecule has 0 aromatic heterocycles. The molecule has 0 radical (unpaired) electrons. The fourth-order valence-electron chi connectivity index (χ4n) is 2.99. The maximum Gasteiger partial charge on any atom is 0.222 e. The number of β-amino-alcohol motifs (C(OH)–C–C–N with tert-alkyl or cyclic N) is 1. The van der Waals surface area contributed by atoms with E-state index in [1.807, 2.05) is 24.3 Å². The van der Waals surface area contributed by atoms with Gasteiger partial charge >= 0.3 is 0 Å². The van der Waals surface area contributed by atoms with Crippen molar-refractivity contribution in [3.05, 3.63) is 34.9 Å². The summed E-state index contributed by atoms with van der Waals surface area (Å²) >= 11 is 5.92. The van der Waals surface area contributed by atoms with Crippen LogP contribution in [0, 0.1) is 0 Å². The highest BCUT2D eigenvalue weighted by atomic mass is 35.5. The van der Waals surface area contributed by atoms with Crippen molar-refractivity contribution in [1.82, 2.24) is 10.2 Å². The maximum absolute atomic E-state index is 11.6. The van der Waals surface area contributed by atoms with Gasteiger partial charge in [0.25, 0.3) is 0 Å². The largest absolute Gasteiger partial charge is 0.390 e. The van der Waals surface area contributed by atoms with Crippen molar-refractivity contribution in [2.75, 3.05) is 19.6 Å². The van der Waals surface area contributed by atoms with Crippen LogP contribution < -0.4 is 5.32 Å². The minimum Gasteiger partial charge on any atom is -0.390 e. The SMILES string of the molecule is O=C1CCCN1CC(O)CNC1(c2ccc(Cl)cc2)CC1. The summed E-state index contributed by atoms with van der Waals surface area (Å²) in [5, 5.41) is 14.3. The van der Waals surface area contributed by atoms with Crippen molar-refractivity contribution >= 4 is 17.5 Å². The van der Waals surface area contributed by atoms with Gasteiger partial charge in [-0.25, -0.2) is 0 Å². The predicted molar refractivity (Wildman–Crippen MR) is 82.2 cm³/mol. The van der Waals surface area contributed by atoms with E-state index in [1.165, 1.54) is 5.56 Å². The highest BCUT2D eigenvalue weighted by Crippen LogP contribution is 2.45. The normalized spacial score (nSPS) is 21.6. The Kier molecular flexibility index (Phi) is 4.20. The van der Waals surface area contributed by atoms with Gasteiger partial charge in [0.15, 0.2) is 0 Å². The molecule has 2 aliphatic rings. The number of aliphatic hydroxyl groups is 1. The smallest absolute Gasteiger partial charge is 0.222 e. The fourth-order valence-corrected chi connectivity index (χ4v) is 3.12. The van der Waals surface area contributed by atoms with Crippen LogP contribution in [0.1, 0.15) is 31.2 Å². The van der Waals surface area contributed by atoms with Gasteiger partial charge in [0.05, 0.1) is 6.10 Å². The van der Waals surface area contributed by atoms with E-state index >= 15 is 0 Å². The first kappa shape index (κ1) is 14.8. The zero-order valence-electron chi connectivity index (χ0n) is 12.0. The lowest BCUT2D eigenvalue weighted by atomic mass is 10.0. The van der Waals surface area contributed by atoms with Crippen LogP contribution in [0.3, 0.4) is 0 Å². The van der Waals surface area contributed by atoms with Gasteiger partial charge < -0.3 is 15.3 Å². The van der Waals surface area contributed by atoms with Crippen molar-refractivity contribution in [2.45, 2.75) is 37.3 Å². The number of carbonyl (C=O) groups excluding carboxylic acids is 1. The van der Waals surface area contributed by atoms with E-state index in [2.05, 4.69) is 5.32 Å². The second-order valence-electron chi connectivity index (χ2n) is 6.07. The summed E-state index contributed by atoms with van der Waals surface area (Å²) in [5.74, 6) is 0.160. The summed E-state index contributed by atoms with van der Waals surface area (Å²) < 4.78 is 0. The average molecular weight is 309 g/mol. The van der Waals surface area contributed by atoms with E-state index in [0.717, 1.165) is 30.8 Å². The molecular formula is C16H21ClN2O2. The zero-order chi connectivity index (χ0) is 14.9. The Labute approximate surface area is 130 Å². The summed E-state index contributed by atoms with van der Waals surface area (Å²) in [6.07, 6.45) is 3.16. The molecule has 1 aromatic carbocycles. The van der Waals surface area contributed by atoms with Crippen LogP contribution in [0.5, 0.6) is 0 Å². The number of rotatable bonds is 6. The first-order valence-electron chi connectivity index (χ1n) is 7.56. The van der Waals surface area contributed by atoms with Crippen LogP contribution in [0.15, 0.2) is 24.3 Å². The van der Waals surface area contributed by atoms with Crippen molar-refractivity contribution < 1.29 is 9.90 Å². The van der Waals surface area contributed by atoms with Crippen LogP contribution in [-0.2, 0) is 10.3 Å². The molecule has 4 nitrogen and oxygen atoms in total. The molecule has 1 heterocycles. The molecule has 0 bridgehead atoms. The maximum atomic E-state index is 11.6. The Morgan fingerprint density at radius 2 is 2.05 bits per heavy atom. The first-order valence-corrected chi connectivity index (χ1v) is 7.94. The Balaban J connectivity index is 1.52. The molecule has 1 aromatic rings. The van der Waals surface area contributed by atoms with E-state index < -0.39 is 6.10 Å². The average Bonchev–Trinajstić information content (AvgIpc) is 3.16. The Bertz CT molecular complexity index is 514. The summed E-state index contributed by atoms with van der Waals surface area (Å²) in [5.41, 5.74) is 1.21. The monoisotopic (exact) mass is 308 g/mol. The Morgan fingerprint density at radius 1 is 1.33 bits per heavy atom. The fraction of sp³-hybridized carbons (Fsp3) is 0.562. The molecule has 1 saturated carbocycles. The number of amides is 1. The molecule has 1 unspecified atom stereocenters. The summed E-state index contributed by atoms with van der Waals surface area (Å²) in [4.78, 5) is 13.3. The second-order valence-corrected chi connectivity index (χ2v) is 6.50. The van der Waals surface area contributed by atoms with Gasteiger partial charge in [0.1, 0.15) is 0 Å². The molecule has 1 atom stereocenters. The van der Waals surface area contributed by atoms with Crippen molar-refractivity contribution in [3.63, 3.8) is 0 Å². The van der Waals surface area contributed by atoms with Gasteiger partial charge in [-0.15, -0.1) is 0 Å². The third-order valence-corrected chi connectivity index (χ3v) is 4.68. The molecule has 2 N–H and O–H groups in total. The van der Waals surface area contributed by atoms with Gasteiger partial charge in [0, 0.05) is 36.6 Å². The lowest BCUT2D eigenvalue weighted by molar-refractivity contribution is -0.128. The van der Waals surface area contributed by atoms with E-state index in [1.54, 1.807) is 4.90 Å². The second kappa shape index (κ2) is 5.95. The number of nitrogens with one attached hydrogen (secondary N) is 1. The molecule has 0 spiro atoms. The molecule has 1 saturated heterocycles. The van der Waals surface area contributed by atoms with E-state index in [4.69, 9.17) is 11.6 Å². The molecule has 114 valence electrons. The summed E-state index contributed by atoms with van der Waals surface area (Å²) in [7, 11) is 0. The number of carbonyl (C=O) groups is 1. The number of halogens is 1. The topological polar surface area (TPSA) is 52.6 Å². The van der Waals surface area contributed by atoms with Crippen LogP contribution in [0.25, 0.3) is 0 Å². The minimum absolute atomic E-state index is 0.0133. The molecule has 1 amide bonds. The lowest BCUT2D eigenvalue weighted by Gasteiger charge is -2.23. The molecule has 5 heteroatoms. The number of nitrogens with zero attached hydrogens (tertiary/aromatic N) is 1. The number of benzene rings is 1. The molecule has 3 rings (SSSR count). The first-order chi connectivity index (χ1) is 10.1. The molecule has 1 aliphatic carbocycles. The summed E-state index contributed by atoms with van der Waals surface area (Å²) in [6.45, 7) is 1.72. The molecule has 21 heavy (non-hydrogen) atoms. The minimum atomic E-state index is -0.517. The molecule has 1 aliphatic heterocycles. The van der Waals surface area contributed by atoms with Crippen molar-refractivity contribution in [3.8, 4) is 0 Å². The zero-order valence-corrected chi connectivity index (χ0v) is 12.8.